The van der Waals surface area contributed by atoms with Crippen molar-refractivity contribution in [3.8, 4) is 17.2 Å². The number of phenolic OH excluding ortho intramolecular Hbond substituents is 1. The van der Waals surface area contributed by atoms with Gasteiger partial charge in [0.25, 0.3) is 0 Å². The summed E-state index contributed by atoms with van der Waals surface area (Å²) in [5.41, 5.74) is 0. The Kier molecular flexibility index (Phi) is 4.57. The van der Waals surface area contributed by atoms with Crippen molar-refractivity contribution < 1.29 is 36.0 Å². The van der Waals surface area contributed by atoms with Crippen molar-refractivity contribution in [2.24, 2.45) is 0 Å². The molecule has 0 atom stereocenters. The summed E-state index contributed by atoms with van der Waals surface area (Å²) in [6.45, 7) is 0. The van der Waals surface area contributed by atoms with Gasteiger partial charge >= 0.3 is 0 Å². The van der Waals surface area contributed by atoms with Gasteiger partial charge in [0.15, 0.2) is 0 Å². The first-order valence-electron chi connectivity index (χ1n) is 4.36. The van der Waals surface area contributed by atoms with Gasteiger partial charge < -0.3 is 9.84 Å². The summed E-state index contributed by atoms with van der Waals surface area (Å²) in [7, 11) is 0. The molecule has 0 radical (unpaired) electrons. The standard InChI is InChI=1S/C12H10O2.Zr/c13-10-6-8-12(9-7-10)14-11-4-2-1-3-5-11;/h1-9,13H;. The zero-order chi connectivity index (χ0) is 9.80. The van der Waals surface area contributed by atoms with Gasteiger partial charge in [-0.15, -0.1) is 0 Å². The average Bonchev–Trinajstić information content (AvgIpc) is 2.23. The molecule has 2 rings (SSSR count). The summed E-state index contributed by atoms with van der Waals surface area (Å²) in [4.78, 5) is 0. The van der Waals surface area contributed by atoms with Crippen LogP contribution < -0.4 is 4.74 Å². The van der Waals surface area contributed by atoms with Crippen LogP contribution in [0.15, 0.2) is 54.6 Å². The summed E-state index contributed by atoms with van der Waals surface area (Å²) in [6, 6.07) is 16.2. The van der Waals surface area contributed by atoms with E-state index in [1.54, 1.807) is 24.3 Å². The van der Waals surface area contributed by atoms with Crippen LogP contribution in [0, 0.1) is 0 Å². The third kappa shape index (κ3) is 3.52. The molecule has 0 aliphatic heterocycles. The van der Waals surface area contributed by atoms with Gasteiger partial charge in [0.05, 0.1) is 0 Å². The Labute approximate surface area is 108 Å². The molecule has 0 bridgehead atoms. The number of benzene rings is 2. The van der Waals surface area contributed by atoms with E-state index in [-0.39, 0.29) is 32.0 Å². The summed E-state index contributed by atoms with van der Waals surface area (Å²) >= 11 is 0. The Morgan fingerprint density at radius 1 is 0.733 bits per heavy atom. The van der Waals surface area contributed by atoms with E-state index in [2.05, 4.69) is 0 Å². The van der Waals surface area contributed by atoms with E-state index in [0.717, 1.165) is 5.75 Å². The van der Waals surface area contributed by atoms with Crippen LogP contribution in [0.2, 0.25) is 0 Å². The van der Waals surface area contributed by atoms with Crippen molar-refractivity contribution in [1.29, 1.82) is 0 Å². The number of para-hydroxylation sites is 1. The Morgan fingerprint density at radius 3 is 1.87 bits per heavy atom. The summed E-state index contributed by atoms with van der Waals surface area (Å²) in [6.07, 6.45) is 0. The molecular weight excluding hydrogens is 267 g/mol. The minimum absolute atomic E-state index is 0. The van der Waals surface area contributed by atoms with Gasteiger partial charge in [-0.1, -0.05) is 18.2 Å². The summed E-state index contributed by atoms with van der Waals surface area (Å²) < 4.78 is 5.52. The Morgan fingerprint density at radius 2 is 1.27 bits per heavy atom. The third-order valence-corrected chi connectivity index (χ3v) is 1.82. The molecule has 2 aromatic carbocycles. The van der Waals surface area contributed by atoms with Gasteiger partial charge in [-0.05, 0) is 36.4 Å². The molecule has 0 spiro atoms. The fourth-order valence-electron chi connectivity index (χ4n) is 1.14. The fraction of sp³-hybridized carbons (Fsp3) is 0. The number of hydrogen-bond donors (Lipinski definition) is 1. The first-order chi connectivity index (χ1) is 6.84. The predicted molar refractivity (Wildman–Crippen MR) is 54.6 cm³/mol. The molecule has 0 aliphatic rings. The molecule has 0 saturated carbocycles. The fourth-order valence-corrected chi connectivity index (χ4v) is 1.14. The quantitative estimate of drug-likeness (QED) is 0.913. The molecule has 0 heterocycles. The molecule has 74 valence electrons. The Bertz CT molecular complexity index is 398. The molecule has 3 heteroatoms. The van der Waals surface area contributed by atoms with Crippen LogP contribution in [-0.4, -0.2) is 5.11 Å². The second kappa shape index (κ2) is 5.72. The van der Waals surface area contributed by atoms with Gasteiger partial charge in [0, 0.05) is 26.2 Å². The maximum Gasteiger partial charge on any atom is 0.127 e. The molecule has 0 aromatic heterocycles. The first-order valence-corrected chi connectivity index (χ1v) is 4.36. The zero-order valence-corrected chi connectivity index (χ0v) is 10.5. The van der Waals surface area contributed by atoms with Gasteiger partial charge in [-0.2, -0.15) is 0 Å². The van der Waals surface area contributed by atoms with Gasteiger partial charge in [0.1, 0.15) is 17.2 Å². The number of rotatable bonds is 2. The molecule has 0 aliphatic carbocycles. The molecule has 0 unspecified atom stereocenters. The van der Waals surface area contributed by atoms with Crippen molar-refractivity contribution in [3.63, 3.8) is 0 Å². The topological polar surface area (TPSA) is 29.5 Å². The Balaban J connectivity index is 0.00000112. The normalized spacial score (nSPS) is 9.07. The van der Waals surface area contributed by atoms with Crippen LogP contribution in [0.1, 0.15) is 0 Å². The van der Waals surface area contributed by atoms with Crippen LogP contribution in [-0.2, 0) is 26.2 Å². The van der Waals surface area contributed by atoms with Crippen molar-refractivity contribution in [2.45, 2.75) is 0 Å². The Hall–Kier alpha value is -1.08. The largest absolute Gasteiger partial charge is 0.508 e. The molecule has 2 aromatic rings. The van der Waals surface area contributed by atoms with Crippen molar-refractivity contribution in [3.05, 3.63) is 54.6 Å². The monoisotopic (exact) mass is 276 g/mol. The zero-order valence-electron chi connectivity index (χ0n) is 8.05. The number of ether oxygens (including phenoxy) is 1. The molecule has 2 nitrogen and oxygen atoms in total. The van der Waals surface area contributed by atoms with Gasteiger partial charge in [-0.25, -0.2) is 0 Å². The van der Waals surface area contributed by atoms with E-state index in [1.165, 1.54) is 0 Å². The third-order valence-electron chi connectivity index (χ3n) is 1.82. The van der Waals surface area contributed by atoms with E-state index < -0.39 is 0 Å². The average molecular weight is 277 g/mol. The molecular formula is C12H10O2Zr. The van der Waals surface area contributed by atoms with E-state index in [4.69, 9.17) is 9.84 Å². The van der Waals surface area contributed by atoms with E-state index in [9.17, 15) is 0 Å². The van der Waals surface area contributed by atoms with Crippen LogP contribution in [0.5, 0.6) is 17.2 Å². The summed E-state index contributed by atoms with van der Waals surface area (Å²) in [5, 5.41) is 9.07. The smallest absolute Gasteiger partial charge is 0.127 e. The molecule has 0 saturated heterocycles. The number of phenols is 1. The minimum Gasteiger partial charge on any atom is -0.508 e. The van der Waals surface area contributed by atoms with Gasteiger partial charge in [0.2, 0.25) is 0 Å². The first kappa shape index (κ1) is 12.0. The van der Waals surface area contributed by atoms with Crippen LogP contribution in [0.25, 0.3) is 0 Å². The predicted octanol–water partition coefficient (Wildman–Crippen LogP) is 3.18. The number of aromatic hydroxyl groups is 1. The van der Waals surface area contributed by atoms with Crippen molar-refractivity contribution in [2.75, 3.05) is 0 Å². The summed E-state index contributed by atoms with van der Waals surface area (Å²) in [5.74, 6) is 1.75. The van der Waals surface area contributed by atoms with Crippen LogP contribution in [0.4, 0.5) is 0 Å². The minimum atomic E-state index is 0. The van der Waals surface area contributed by atoms with Crippen molar-refractivity contribution >= 4 is 0 Å². The number of hydrogen-bond acceptors (Lipinski definition) is 2. The van der Waals surface area contributed by atoms with E-state index in [0.29, 0.717) is 5.75 Å². The molecule has 1 N–H and O–H groups in total. The van der Waals surface area contributed by atoms with Crippen molar-refractivity contribution in [1.82, 2.24) is 0 Å². The second-order valence-electron chi connectivity index (χ2n) is 2.91. The van der Waals surface area contributed by atoms with E-state index >= 15 is 0 Å². The maximum atomic E-state index is 9.07. The van der Waals surface area contributed by atoms with Crippen LogP contribution >= 0.6 is 0 Å². The molecule has 0 amide bonds. The molecule has 15 heavy (non-hydrogen) atoms. The van der Waals surface area contributed by atoms with Gasteiger partial charge in [-0.3, -0.25) is 0 Å². The van der Waals surface area contributed by atoms with Crippen LogP contribution in [0.3, 0.4) is 0 Å². The second-order valence-corrected chi connectivity index (χ2v) is 2.91. The van der Waals surface area contributed by atoms with E-state index in [1.807, 2.05) is 30.3 Å². The molecule has 0 fully saturated rings. The maximum absolute atomic E-state index is 9.07. The SMILES string of the molecule is Oc1ccc(Oc2ccccc2)cc1.[Zr].